The minimum atomic E-state index is -0.493. The van der Waals surface area contributed by atoms with Crippen molar-refractivity contribution in [3.05, 3.63) is 77.1 Å². The summed E-state index contributed by atoms with van der Waals surface area (Å²) >= 11 is 0. The van der Waals surface area contributed by atoms with Crippen LogP contribution in [-0.2, 0) is 17.9 Å². The first-order chi connectivity index (χ1) is 15.1. The van der Waals surface area contributed by atoms with Crippen LogP contribution in [0.1, 0.15) is 40.0 Å². The van der Waals surface area contributed by atoms with E-state index < -0.39 is 5.91 Å². The molecular weight excluding hydrogens is 392 g/mol. The van der Waals surface area contributed by atoms with Crippen molar-refractivity contribution in [3.8, 4) is 5.95 Å². The number of fused-ring (bicyclic) bond motifs is 2. The average molecular weight is 414 g/mol. The lowest BCUT2D eigenvalue weighted by molar-refractivity contribution is 0.0933. The van der Waals surface area contributed by atoms with Crippen molar-refractivity contribution in [2.75, 3.05) is 11.9 Å². The van der Waals surface area contributed by atoms with Crippen LogP contribution in [0.3, 0.4) is 0 Å². The van der Waals surface area contributed by atoms with E-state index in [1.54, 1.807) is 23.0 Å². The number of hydrogen-bond donors (Lipinski definition) is 2. The van der Waals surface area contributed by atoms with Crippen molar-refractivity contribution in [1.82, 2.24) is 19.7 Å². The van der Waals surface area contributed by atoms with Gasteiger partial charge in [-0.15, -0.1) is 0 Å². The van der Waals surface area contributed by atoms with Gasteiger partial charge in [-0.1, -0.05) is 43.3 Å². The fraction of sp³-hybridized carbons (Fsp3) is 0.217. The molecule has 1 amide bonds. The first-order valence-corrected chi connectivity index (χ1v) is 10.1. The number of nitrogens with two attached hydrogens (primary N) is 1. The van der Waals surface area contributed by atoms with Crippen LogP contribution in [0.15, 0.2) is 54.7 Å². The number of anilines is 1. The Bertz CT molecular complexity index is 1270. The van der Waals surface area contributed by atoms with Gasteiger partial charge in [0.25, 0.3) is 5.95 Å². The van der Waals surface area contributed by atoms with Crippen molar-refractivity contribution >= 4 is 22.6 Å². The average Bonchev–Trinajstić information content (AvgIpc) is 3.22. The summed E-state index contributed by atoms with van der Waals surface area (Å²) in [6, 6.07) is 15.5. The zero-order valence-electron chi connectivity index (χ0n) is 17.1. The molecule has 1 unspecified atom stereocenters. The lowest BCUT2D eigenvalue weighted by Crippen LogP contribution is -2.21. The molecule has 2 aromatic heterocycles. The molecule has 1 aliphatic heterocycles. The Morgan fingerprint density at radius 1 is 1.19 bits per heavy atom. The molecule has 3 heterocycles. The van der Waals surface area contributed by atoms with E-state index in [9.17, 15) is 4.79 Å². The van der Waals surface area contributed by atoms with Gasteiger partial charge in [0, 0.05) is 23.4 Å². The number of ether oxygens (including phenoxy) is 1. The molecule has 8 heteroatoms. The zero-order chi connectivity index (χ0) is 21.4. The largest absolute Gasteiger partial charge is 0.376 e. The topological polar surface area (TPSA) is 108 Å². The number of primary amides is 1. The Kier molecular flexibility index (Phi) is 4.83. The van der Waals surface area contributed by atoms with Gasteiger partial charge >= 0.3 is 0 Å². The Morgan fingerprint density at radius 3 is 2.84 bits per heavy atom. The standard InChI is InChI=1S/C23H22N6O2/c1-14-12-31-13-18-20(14)27-23(28-22(18)25-10-15-6-3-2-4-7-15)29-19-9-5-8-16(21(24)30)17(19)11-26-29/h2-9,11,14H,10,12-13H2,1H3,(H2,24,30)(H,25,27,28). The molecule has 4 aromatic rings. The normalized spacial score (nSPS) is 15.6. The van der Waals surface area contributed by atoms with Gasteiger partial charge < -0.3 is 15.8 Å². The predicted molar refractivity (Wildman–Crippen MR) is 117 cm³/mol. The minimum absolute atomic E-state index is 0.130. The monoisotopic (exact) mass is 414 g/mol. The van der Waals surface area contributed by atoms with E-state index in [2.05, 4.69) is 29.5 Å². The zero-order valence-corrected chi connectivity index (χ0v) is 17.1. The molecule has 156 valence electrons. The third-order valence-corrected chi connectivity index (χ3v) is 5.48. The number of benzene rings is 2. The van der Waals surface area contributed by atoms with Gasteiger partial charge in [-0.05, 0) is 17.7 Å². The van der Waals surface area contributed by atoms with Crippen LogP contribution < -0.4 is 11.1 Å². The molecular formula is C23H22N6O2. The Balaban J connectivity index is 1.61. The van der Waals surface area contributed by atoms with Crippen LogP contribution in [0.5, 0.6) is 0 Å². The van der Waals surface area contributed by atoms with E-state index in [1.165, 1.54) is 0 Å². The third kappa shape index (κ3) is 3.51. The first-order valence-electron chi connectivity index (χ1n) is 10.1. The summed E-state index contributed by atoms with van der Waals surface area (Å²) in [6.07, 6.45) is 1.63. The number of carbonyl (C=O) groups excluding carboxylic acids is 1. The molecule has 1 atom stereocenters. The van der Waals surface area contributed by atoms with E-state index in [4.69, 9.17) is 20.4 Å². The van der Waals surface area contributed by atoms with Crippen LogP contribution in [0.4, 0.5) is 5.82 Å². The Labute approximate surface area is 179 Å². The number of nitrogens with one attached hydrogen (secondary N) is 1. The van der Waals surface area contributed by atoms with Gasteiger partial charge in [-0.3, -0.25) is 4.79 Å². The highest BCUT2D eigenvalue weighted by Gasteiger charge is 2.25. The number of nitrogens with zero attached hydrogens (tertiary/aromatic N) is 4. The molecule has 0 fully saturated rings. The summed E-state index contributed by atoms with van der Waals surface area (Å²) in [4.78, 5) is 21.4. The van der Waals surface area contributed by atoms with Gasteiger partial charge in [0.15, 0.2) is 0 Å². The van der Waals surface area contributed by atoms with Gasteiger partial charge in [-0.2, -0.15) is 14.8 Å². The smallest absolute Gasteiger partial charge is 0.253 e. The van der Waals surface area contributed by atoms with Crippen LogP contribution >= 0.6 is 0 Å². The van der Waals surface area contributed by atoms with Gasteiger partial charge in [0.1, 0.15) is 5.82 Å². The molecule has 0 bridgehead atoms. The van der Waals surface area contributed by atoms with Gasteiger partial charge in [0.2, 0.25) is 5.91 Å². The summed E-state index contributed by atoms with van der Waals surface area (Å²) in [5, 5.41) is 8.58. The van der Waals surface area contributed by atoms with Gasteiger partial charge in [-0.25, -0.2) is 4.98 Å². The van der Waals surface area contributed by atoms with Crippen molar-refractivity contribution < 1.29 is 9.53 Å². The van der Waals surface area contributed by atoms with Gasteiger partial charge in [0.05, 0.1) is 36.2 Å². The summed E-state index contributed by atoms with van der Waals surface area (Å²) in [5.74, 6) is 0.808. The predicted octanol–water partition coefficient (Wildman–Crippen LogP) is 3.16. The lowest BCUT2D eigenvalue weighted by atomic mass is 10.0. The quantitative estimate of drug-likeness (QED) is 0.519. The molecule has 8 nitrogen and oxygen atoms in total. The van der Waals surface area contributed by atoms with Crippen LogP contribution in [0, 0.1) is 0 Å². The number of carbonyl (C=O) groups is 1. The molecule has 0 aliphatic carbocycles. The highest BCUT2D eigenvalue weighted by molar-refractivity contribution is 6.05. The summed E-state index contributed by atoms with van der Waals surface area (Å²) in [5.41, 5.74) is 9.74. The molecule has 1 aliphatic rings. The lowest BCUT2D eigenvalue weighted by Gasteiger charge is -2.24. The summed E-state index contributed by atoms with van der Waals surface area (Å²) < 4.78 is 7.40. The maximum absolute atomic E-state index is 11.8. The number of aromatic nitrogens is 4. The summed E-state index contributed by atoms with van der Waals surface area (Å²) in [7, 11) is 0. The molecule has 0 spiro atoms. The SMILES string of the molecule is CC1COCc2c(NCc3ccccc3)nc(-n3ncc4c(C(N)=O)cccc43)nc21. The van der Waals surface area contributed by atoms with Crippen LogP contribution in [0.2, 0.25) is 0 Å². The number of amides is 1. The minimum Gasteiger partial charge on any atom is -0.376 e. The maximum atomic E-state index is 11.8. The van der Waals surface area contributed by atoms with E-state index in [1.807, 2.05) is 24.3 Å². The fourth-order valence-electron chi connectivity index (χ4n) is 3.90. The van der Waals surface area contributed by atoms with E-state index in [0.29, 0.717) is 36.7 Å². The highest BCUT2D eigenvalue weighted by Crippen LogP contribution is 2.31. The highest BCUT2D eigenvalue weighted by atomic mass is 16.5. The second kappa shape index (κ2) is 7.81. The molecule has 5 rings (SSSR count). The Morgan fingerprint density at radius 2 is 2.03 bits per heavy atom. The van der Waals surface area contributed by atoms with Crippen molar-refractivity contribution in [2.45, 2.75) is 26.0 Å². The van der Waals surface area contributed by atoms with E-state index in [0.717, 1.165) is 28.2 Å². The fourth-order valence-corrected chi connectivity index (χ4v) is 3.90. The summed E-state index contributed by atoms with van der Waals surface area (Å²) in [6.45, 7) is 3.78. The molecule has 3 N–H and O–H groups in total. The van der Waals surface area contributed by atoms with E-state index in [-0.39, 0.29) is 5.92 Å². The second-order valence-electron chi connectivity index (χ2n) is 7.65. The molecule has 0 saturated heterocycles. The van der Waals surface area contributed by atoms with E-state index >= 15 is 0 Å². The molecule has 2 aromatic carbocycles. The molecule has 0 radical (unpaired) electrons. The maximum Gasteiger partial charge on any atom is 0.253 e. The molecule has 0 saturated carbocycles. The Hall–Kier alpha value is -3.78. The number of hydrogen-bond acceptors (Lipinski definition) is 6. The number of rotatable bonds is 5. The van der Waals surface area contributed by atoms with Crippen molar-refractivity contribution in [2.24, 2.45) is 5.73 Å². The van der Waals surface area contributed by atoms with Crippen molar-refractivity contribution in [1.29, 1.82) is 0 Å². The second-order valence-corrected chi connectivity index (χ2v) is 7.65. The third-order valence-electron chi connectivity index (χ3n) is 5.48. The van der Waals surface area contributed by atoms with Crippen LogP contribution in [0.25, 0.3) is 16.9 Å². The van der Waals surface area contributed by atoms with Crippen LogP contribution in [-0.4, -0.2) is 32.3 Å². The molecule has 31 heavy (non-hydrogen) atoms. The van der Waals surface area contributed by atoms with Crippen molar-refractivity contribution in [3.63, 3.8) is 0 Å². The first kappa shape index (κ1) is 19.2.